The maximum atomic E-state index is 4.68. The van der Waals surface area contributed by atoms with E-state index in [9.17, 15) is 0 Å². The highest BCUT2D eigenvalue weighted by Gasteiger charge is 2.18. The first-order chi connectivity index (χ1) is 13.7. The molecule has 0 saturated carbocycles. The zero-order chi connectivity index (χ0) is 19.5. The quantitative estimate of drug-likeness (QED) is 0.376. The van der Waals surface area contributed by atoms with Crippen LogP contribution >= 0.6 is 0 Å². The molecule has 1 heterocycles. The van der Waals surface area contributed by atoms with Crippen molar-refractivity contribution < 1.29 is 0 Å². The number of aromatic nitrogens is 2. The lowest BCUT2D eigenvalue weighted by Crippen LogP contribution is -2.07. The molecule has 28 heavy (non-hydrogen) atoms. The fraction of sp³-hybridized carbons (Fsp3) is 0.192. The molecule has 140 valence electrons. The molecule has 2 heteroatoms. The molecule has 0 atom stereocenters. The molecule has 4 rings (SSSR count). The zero-order valence-electron chi connectivity index (χ0n) is 16.8. The molecule has 3 aromatic carbocycles. The summed E-state index contributed by atoms with van der Waals surface area (Å²) in [6.07, 6.45) is 4.96. The predicted molar refractivity (Wildman–Crippen MR) is 118 cm³/mol. The van der Waals surface area contributed by atoms with Gasteiger partial charge in [0.05, 0.1) is 5.69 Å². The van der Waals surface area contributed by atoms with E-state index in [-0.39, 0.29) is 0 Å². The summed E-state index contributed by atoms with van der Waals surface area (Å²) >= 11 is 0. The van der Waals surface area contributed by atoms with Crippen LogP contribution < -0.4 is 0 Å². The summed E-state index contributed by atoms with van der Waals surface area (Å²) in [4.78, 5) is 4.68. The van der Waals surface area contributed by atoms with E-state index in [2.05, 4.69) is 103 Å². The summed E-state index contributed by atoms with van der Waals surface area (Å²) in [6, 6.07) is 25.8. The third-order valence-corrected chi connectivity index (χ3v) is 5.24. The van der Waals surface area contributed by atoms with E-state index in [0.717, 1.165) is 17.8 Å². The Morgan fingerprint density at radius 2 is 1.46 bits per heavy atom. The fourth-order valence-electron chi connectivity index (χ4n) is 3.80. The molecule has 0 radical (unpaired) electrons. The topological polar surface area (TPSA) is 17.8 Å². The molecule has 0 saturated heterocycles. The molecule has 0 bridgehead atoms. The Kier molecular flexibility index (Phi) is 5.12. The van der Waals surface area contributed by atoms with Gasteiger partial charge in [-0.15, -0.1) is 0 Å². The second kappa shape index (κ2) is 7.85. The van der Waals surface area contributed by atoms with Crippen molar-refractivity contribution in [2.75, 3.05) is 0 Å². The Labute approximate surface area is 167 Å². The van der Waals surface area contributed by atoms with Crippen LogP contribution in [-0.2, 0) is 6.42 Å². The highest BCUT2D eigenvalue weighted by molar-refractivity contribution is 5.71. The molecule has 0 aliphatic heterocycles. The third kappa shape index (κ3) is 3.38. The van der Waals surface area contributed by atoms with Gasteiger partial charge in [-0.05, 0) is 46.7 Å². The molecule has 4 aromatic rings. The van der Waals surface area contributed by atoms with E-state index < -0.39 is 0 Å². The van der Waals surface area contributed by atoms with Gasteiger partial charge in [0.1, 0.15) is 5.82 Å². The minimum Gasteiger partial charge on any atom is -0.299 e. The Hall–Kier alpha value is -3.13. The highest BCUT2D eigenvalue weighted by atomic mass is 15.1. The van der Waals surface area contributed by atoms with Crippen LogP contribution in [0.4, 0.5) is 0 Å². The first-order valence-corrected chi connectivity index (χ1v) is 10.0. The standard InChI is InChI=1S/C26H26N2/c1-4-20-17-23(21-11-7-5-8-12-21)18-24(19(2)3)25(20)28-16-15-27-26(28)22-13-9-6-10-14-22/h5-19H,4H2,1-3H3. The van der Waals surface area contributed by atoms with Crippen LogP contribution in [0.15, 0.2) is 85.2 Å². The third-order valence-electron chi connectivity index (χ3n) is 5.24. The van der Waals surface area contributed by atoms with Gasteiger partial charge in [-0.2, -0.15) is 0 Å². The van der Waals surface area contributed by atoms with E-state index in [4.69, 9.17) is 0 Å². The Balaban J connectivity index is 1.95. The minimum atomic E-state index is 0.412. The van der Waals surface area contributed by atoms with Gasteiger partial charge in [0.2, 0.25) is 0 Å². The lowest BCUT2D eigenvalue weighted by atomic mass is 9.91. The van der Waals surface area contributed by atoms with Crippen LogP contribution in [0.5, 0.6) is 0 Å². The van der Waals surface area contributed by atoms with Crippen molar-refractivity contribution in [1.29, 1.82) is 0 Å². The van der Waals surface area contributed by atoms with Gasteiger partial charge in [-0.1, -0.05) is 81.4 Å². The lowest BCUT2D eigenvalue weighted by molar-refractivity contribution is 0.839. The molecular formula is C26H26N2. The van der Waals surface area contributed by atoms with Crippen molar-refractivity contribution in [3.63, 3.8) is 0 Å². The van der Waals surface area contributed by atoms with Gasteiger partial charge >= 0.3 is 0 Å². The van der Waals surface area contributed by atoms with E-state index >= 15 is 0 Å². The summed E-state index contributed by atoms with van der Waals surface area (Å²) in [5.41, 5.74) is 7.66. The van der Waals surface area contributed by atoms with Crippen molar-refractivity contribution in [2.24, 2.45) is 0 Å². The molecule has 0 unspecified atom stereocenters. The van der Waals surface area contributed by atoms with Gasteiger partial charge in [0, 0.05) is 18.0 Å². The second-order valence-electron chi connectivity index (χ2n) is 7.43. The predicted octanol–water partition coefficient (Wildman–Crippen LogP) is 6.89. The van der Waals surface area contributed by atoms with E-state index in [0.29, 0.717) is 5.92 Å². The molecule has 1 aromatic heterocycles. The molecule has 0 amide bonds. The first kappa shape index (κ1) is 18.2. The molecule has 0 spiro atoms. The average molecular weight is 367 g/mol. The molecule has 0 fully saturated rings. The smallest absolute Gasteiger partial charge is 0.144 e. The fourth-order valence-corrected chi connectivity index (χ4v) is 3.80. The minimum absolute atomic E-state index is 0.412. The number of hydrogen-bond acceptors (Lipinski definition) is 1. The summed E-state index contributed by atoms with van der Waals surface area (Å²) in [7, 11) is 0. The number of aryl methyl sites for hydroxylation is 1. The second-order valence-corrected chi connectivity index (χ2v) is 7.43. The van der Waals surface area contributed by atoms with Gasteiger partial charge in [-0.3, -0.25) is 4.57 Å². The molecule has 0 aliphatic carbocycles. The van der Waals surface area contributed by atoms with Crippen molar-refractivity contribution >= 4 is 0 Å². The maximum absolute atomic E-state index is 4.68. The Bertz CT molecular complexity index is 1060. The van der Waals surface area contributed by atoms with Gasteiger partial charge in [0.25, 0.3) is 0 Å². The number of rotatable bonds is 5. The van der Waals surface area contributed by atoms with Crippen LogP contribution in [0.1, 0.15) is 37.8 Å². The van der Waals surface area contributed by atoms with Gasteiger partial charge in [0.15, 0.2) is 0 Å². The Morgan fingerprint density at radius 3 is 2.07 bits per heavy atom. The monoisotopic (exact) mass is 366 g/mol. The summed E-state index contributed by atoms with van der Waals surface area (Å²) < 4.78 is 2.26. The molecule has 0 N–H and O–H groups in total. The SMILES string of the molecule is CCc1cc(-c2ccccc2)cc(C(C)C)c1-n1ccnc1-c1ccccc1. The normalized spacial score (nSPS) is 11.1. The van der Waals surface area contributed by atoms with Crippen molar-refractivity contribution in [1.82, 2.24) is 9.55 Å². The average Bonchev–Trinajstić information content (AvgIpc) is 3.23. The summed E-state index contributed by atoms with van der Waals surface area (Å²) in [6.45, 7) is 6.77. The number of imidazole rings is 1. The molecular weight excluding hydrogens is 340 g/mol. The van der Waals surface area contributed by atoms with E-state index in [1.54, 1.807) is 0 Å². The van der Waals surface area contributed by atoms with Crippen LogP contribution in [0.3, 0.4) is 0 Å². The van der Waals surface area contributed by atoms with Crippen molar-refractivity contribution in [2.45, 2.75) is 33.1 Å². The number of hydrogen-bond donors (Lipinski definition) is 0. The maximum Gasteiger partial charge on any atom is 0.144 e. The van der Waals surface area contributed by atoms with E-state index in [1.807, 2.05) is 12.3 Å². The number of benzene rings is 3. The summed E-state index contributed by atoms with van der Waals surface area (Å²) in [5.74, 6) is 1.40. The first-order valence-electron chi connectivity index (χ1n) is 10.0. The van der Waals surface area contributed by atoms with Crippen LogP contribution in [0.2, 0.25) is 0 Å². The lowest BCUT2D eigenvalue weighted by Gasteiger charge is -2.21. The van der Waals surface area contributed by atoms with Crippen LogP contribution in [0.25, 0.3) is 28.2 Å². The number of nitrogens with zero attached hydrogens (tertiary/aromatic N) is 2. The van der Waals surface area contributed by atoms with Crippen LogP contribution in [-0.4, -0.2) is 9.55 Å². The van der Waals surface area contributed by atoms with Crippen LogP contribution in [0, 0.1) is 0 Å². The molecule has 2 nitrogen and oxygen atoms in total. The largest absolute Gasteiger partial charge is 0.299 e. The van der Waals surface area contributed by atoms with Gasteiger partial charge < -0.3 is 0 Å². The van der Waals surface area contributed by atoms with Crippen molar-refractivity contribution in [3.8, 4) is 28.2 Å². The van der Waals surface area contributed by atoms with Gasteiger partial charge in [-0.25, -0.2) is 4.98 Å². The molecule has 0 aliphatic rings. The zero-order valence-corrected chi connectivity index (χ0v) is 16.8. The highest BCUT2D eigenvalue weighted by Crippen LogP contribution is 2.35. The van der Waals surface area contributed by atoms with E-state index in [1.165, 1.54) is 27.9 Å². The Morgan fingerprint density at radius 1 is 0.821 bits per heavy atom. The van der Waals surface area contributed by atoms with Crippen molar-refractivity contribution in [3.05, 3.63) is 96.3 Å². The summed E-state index contributed by atoms with van der Waals surface area (Å²) in [5, 5.41) is 0.